The van der Waals surface area contributed by atoms with Gasteiger partial charge in [0.15, 0.2) is 5.76 Å². The van der Waals surface area contributed by atoms with Crippen molar-refractivity contribution in [2.45, 2.75) is 0 Å². The van der Waals surface area contributed by atoms with Gasteiger partial charge in [-0.25, -0.2) is 10.2 Å². The fourth-order valence-corrected chi connectivity index (χ4v) is 3.43. The number of hydrogen-bond donors (Lipinski definition) is 2. The predicted molar refractivity (Wildman–Crippen MR) is 140 cm³/mol. The van der Waals surface area contributed by atoms with Crippen molar-refractivity contribution in [1.82, 2.24) is 5.43 Å². The van der Waals surface area contributed by atoms with E-state index in [1.165, 1.54) is 66.9 Å². The monoisotopic (exact) mass is 576 g/mol. The standard InChI is InChI=1S/C26H17BrN4O7/c27-19-10-6-17(7-11-19)26(34)38-23-18(3-1-4-21(23)31(35)36)15-28-30-24(32)16-8-12-20(13-9-16)29-25(33)22-5-2-14-37-22/h1-15H,(H,29,33)(H,30,32)/b28-15+. The zero-order valence-corrected chi connectivity index (χ0v) is 20.9. The van der Waals surface area contributed by atoms with Crippen molar-refractivity contribution >= 4 is 51.3 Å². The van der Waals surface area contributed by atoms with Crippen LogP contribution in [0.2, 0.25) is 0 Å². The first-order valence-electron chi connectivity index (χ1n) is 10.9. The fraction of sp³-hybridized carbons (Fsp3) is 0. The molecule has 38 heavy (non-hydrogen) atoms. The number of hydrogen-bond acceptors (Lipinski definition) is 8. The minimum absolute atomic E-state index is 0.0981. The number of amides is 2. The molecule has 4 rings (SSSR count). The SMILES string of the molecule is O=C(N/N=C/c1cccc([N+](=O)[O-])c1OC(=O)c1ccc(Br)cc1)c1ccc(NC(=O)c2ccco2)cc1. The Labute approximate surface area is 223 Å². The van der Waals surface area contributed by atoms with Gasteiger partial charge in [0.05, 0.1) is 23.0 Å². The summed E-state index contributed by atoms with van der Waals surface area (Å²) in [4.78, 5) is 47.9. The Balaban J connectivity index is 1.45. The van der Waals surface area contributed by atoms with E-state index < -0.39 is 28.4 Å². The Morgan fingerprint density at radius 2 is 1.63 bits per heavy atom. The van der Waals surface area contributed by atoms with Crippen LogP contribution in [-0.2, 0) is 0 Å². The van der Waals surface area contributed by atoms with E-state index in [4.69, 9.17) is 9.15 Å². The van der Waals surface area contributed by atoms with Crippen molar-refractivity contribution in [3.8, 4) is 5.75 Å². The lowest BCUT2D eigenvalue weighted by atomic mass is 10.2. The summed E-state index contributed by atoms with van der Waals surface area (Å²) in [7, 11) is 0. The van der Waals surface area contributed by atoms with Gasteiger partial charge in [-0.05, 0) is 66.7 Å². The molecule has 0 saturated carbocycles. The normalized spacial score (nSPS) is 10.7. The molecule has 1 aromatic heterocycles. The number of ether oxygens (including phenoxy) is 1. The second kappa shape index (κ2) is 11.8. The number of carbonyl (C=O) groups excluding carboxylic acids is 3. The van der Waals surface area contributed by atoms with Crippen molar-refractivity contribution in [2.24, 2.45) is 5.10 Å². The van der Waals surface area contributed by atoms with Gasteiger partial charge in [-0.2, -0.15) is 5.10 Å². The number of rotatable bonds is 8. The molecule has 0 unspecified atom stereocenters. The van der Waals surface area contributed by atoms with E-state index in [0.29, 0.717) is 5.69 Å². The van der Waals surface area contributed by atoms with E-state index >= 15 is 0 Å². The Morgan fingerprint density at radius 3 is 2.29 bits per heavy atom. The fourth-order valence-electron chi connectivity index (χ4n) is 3.17. The number of carbonyl (C=O) groups is 3. The first-order chi connectivity index (χ1) is 18.3. The molecule has 0 radical (unpaired) electrons. The van der Waals surface area contributed by atoms with Gasteiger partial charge in [-0.15, -0.1) is 0 Å². The van der Waals surface area contributed by atoms with Crippen LogP contribution in [-0.4, -0.2) is 28.9 Å². The molecule has 2 amide bonds. The maximum atomic E-state index is 12.6. The maximum Gasteiger partial charge on any atom is 0.343 e. The third kappa shape index (κ3) is 6.36. The zero-order valence-electron chi connectivity index (χ0n) is 19.3. The Kier molecular flexibility index (Phi) is 8.04. The minimum Gasteiger partial charge on any atom is -0.459 e. The number of benzene rings is 3. The van der Waals surface area contributed by atoms with Crippen LogP contribution in [0.4, 0.5) is 11.4 Å². The highest BCUT2D eigenvalue weighted by Crippen LogP contribution is 2.31. The van der Waals surface area contributed by atoms with Gasteiger partial charge in [0.1, 0.15) is 0 Å². The minimum atomic E-state index is -0.801. The third-order valence-corrected chi connectivity index (χ3v) is 5.54. The summed E-state index contributed by atoms with van der Waals surface area (Å²) >= 11 is 3.27. The van der Waals surface area contributed by atoms with Crippen LogP contribution in [0.15, 0.2) is 99.1 Å². The predicted octanol–water partition coefficient (Wildman–Crippen LogP) is 5.19. The molecule has 0 bridgehead atoms. The average molecular weight is 577 g/mol. The zero-order chi connectivity index (χ0) is 27.1. The van der Waals surface area contributed by atoms with Gasteiger partial charge in [-0.1, -0.05) is 22.0 Å². The lowest BCUT2D eigenvalue weighted by Gasteiger charge is -2.08. The number of furan rings is 1. The number of esters is 1. The van der Waals surface area contributed by atoms with Gasteiger partial charge >= 0.3 is 11.7 Å². The van der Waals surface area contributed by atoms with Gasteiger partial charge in [0, 0.05) is 27.4 Å². The highest BCUT2D eigenvalue weighted by molar-refractivity contribution is 9.10. The summed E-state index contributed by atoms with van der Waals surface area (Å²) in [5.41, 5.74) is 2.83. The van der Waals surface area contributed by atoms with Crippen LogP contribution in [0.25, 0.3) is 0 Å². The van der Waals surface area contributed by atoms with E-state index in [9.17, 15) is 24.5 Å². The molecular weight excluding hydrogens is 560 g/mol. The number of nitrogens with zero attached hydrogens (tertiary/aromatic N) is 2. The first kappa shape index (κ1) is 26.0. The number of nitro benzene ring substituents is 1. The molecule has 3 aromatic carbocycles. The van der Waals surface area contributed by atoms with Crippen molar-refractivity contribution in [1.29, 1.82) is 0 Å². The van der Waals surface area contributed by atoms with Crippen LogP contribution in [0.5, 0.6) is 5.75 Å². The Morgan fingerprint density at radius 1 is 0.921 bits per heavy atom. The van der Waals surface area contributed by atoms with E-state index in [2.05, 4.69) is 31.8 Å². The van der Waals surface area contributed by atoms with Gasteiger partial charge in [0.25, 0.3) is 11.8 Å². The summed E-state index contributed by atoms with van der Waals surface area (Å²) in [6.07, 6.45) is 2.51. The van der Waals surface area contributed by atoms with Crippen molar-refractivity contribution in [3.63, 3.8) is 0 Å². The van der Waals surface area contributed by atoms with E-state index in [1.54, 1.807) is 18.2 Å². The molecule has 12 heteroatoms. The molecule has 0 saturated heterocycles. The van der Waals surface area contributed by atoms with Crippen LogP contribution in [0.1, 0.15) is 36.8 Å². The topological polar surface area (TPSA) is 153 Å². The highest BCUT2D eigenvalue weighted by atomic mass is 79.9. The molecule has 0 fully saturated rings. The van der Waals surface area contributed by atoms with Crippen LogP contribution in [0.3, 0.4) is 0 Å². The van der Waals surface area contributed by atoms with Crippen molar-refractivity contribution < 1.29 is 28.5 Å². The molecular formula is C26H17BrN4O7. The maximum absolute atomic E-state index is 12.6. The second-order valence-electron chi connectivity index (χ2n) is 7.56. The van der Waals surface area contributed by atoms with Crippen LogP contribution in [0, 0.1) is 10.1 Å². The lowest BCUT2D eigenvalue weighted by molar-refractivity contribution is -0.385. The number of hydrazone groups is 1. The average Bonchev–Trinajstić information content (AvgIpc) is 3.45. The molecule has 0 spiro atoms. The molecule has 2 N–H and O–H groups in total. The smallest absolute Gasteiger partial charge is 0.343 e. The van der Waals surface area contributed by atoms with Crippen LogP contribution >= 0.6 is 15.9 Å². The first-order valence-corrected chi connectivity index (χ1v) is 11.6. The molecule has 4 aromatic rings. The molecule has 1 heterocycles. The van der Waals surface area contributed by atoms with E-state index in [1.807, 2.05) is 0 Å². The number of halogens is 1. The number of para-hydroxylation sites is 1. The molecule has 0 aliphatic heterocycles. The van der Waals surface area contributed by atoms with Gasteiger partial charge < -0.3 is 14.5 Å². The molecule has 190 valence electrons. The van der Waals surface area contributed by atoms with E-state index in [0.717, 1.165) is 10.7 Å². The van der Waals surface area contributed by atoms with E-state index in [-0.39, 0.29) is 28.2 Å². The summed E-state index contributed by atoms with van der Waals surface area (Å²) in [5, 5.41) is 18.0. The van der Waals surface area contributed by atoms with Crippen molar-refractivity contribution in [3.05, 3.63) is 122 Å². The summed E-state index contributed by atoms with van der Waals surface area (Å²) in [6, 6.07) is 19.4. The Bertz CT molecular complexity index is 1520. The Hall–Kier alpha value is -5.10. The van der Waals surface area contributed by atoms with Gasteiger partial charge in [0.2, 0.25) is 5.75 Å². The quantitative estimate of drug-likeness (QED) is 0.0961. The van der Waals surface area contributed by atoms with Crippen molar-refractivity contribution in [2.75, 3.05) is 5.32 Å². The highest BCUT2D eigenvalue weighted by Gasteiger charge is 2.22. The third-order valence-electron chi connectivity index (χ3n) is 5.02. The second-order valence-corrected chi connectivity index (χ2v) is 8.47. The molecule has 11 nitrogen and oxygen atoms in total. The number of nitro groups is 1. The summed E-state index contributed by atoms with van der Waals surface area (Å²) < 4.78 is 11.1. The molecule has 0 atom stereocenters. The van der Waals surface area contributed by atoms with Gasteiger partial charge in [-0.3, -0.25) is 19.7 Å². The molecule has 0 aliphatic carbocycles. The largest absolute Gasteiger partial charge is 0.459 e. The summed E-state index contributed by atoms with van der Waals surface area (Å²) in [6.45, 7) is 0. The lowest BCUT2D eigenvalue weighted by Crippen LogP contribution is -2.18. The van der Waals surface area contributed by atoms with Crippen LogP contribution < -0.4 is 15.5 Å². The molecule has 0 aliphatic rings. The number of anilines is 1. The number of nitrogens with one attached hydrogen (secondary N) is 2. The summed E-state index contributed by atoms with van der Waals surface area (Å²) in [5.74, 6) is -2.00.